The van der Waals surface area contributed by atoms with Gasteiger partial charge in [0.2, 0.25) is 11.9 Å². The van der Waals surface area contributed by atoms with Gasteiger partial charge in [0.15, 0.2) is 0 Å². The number of methoxy groups -OCH3 is 1. The van der Waals surface area contributed by atoms with E-state index in [2.05, 4.69) is 4.90 Å². The molecular weight excluding hydrogens is 328 g/mol. The van der Waals surface area contributed by atoms with E-state index in [9.17, 15) is 4.79 Å². The minimum absolute atomic E-state index is 0.0618. The second-order valence-corrected chi connectivity index (χ2v) is 7.31. The molecule has 2 saturated heterocycles. The van der Waals surface area contributed by atoms with Gasteiger partial charge in [-0.1, -0.05) is 0 Å². The Labute approximate surface area is 154 Å². The summed E-state index contributed by atoms with van der Waals surface area (Å²) < 4.78 is 5.33. The normalized spacial score (nSPS) is 20.6. The summed E-state index contributed by atoms with van der Waals surface area (Å²) >= 11 is 0. The van der Waals surface area contributed by atoms with Crippen molar-refractivity contribution >= 4 is 22.8 Å². The van der Waals surface area contributed by atoms with Crippen LogP contribution in [0.3, 0.4) is 0 Å². The number of nitrogens with zero attached hydrogens (tertiary/aromatic N) is 4. The molecule has 0 saturated carbocycles. The summed E-state index contributed by atoms with van der Waals surface area (Å²) in [5.74, 6) is 1.89. The maximum absolute atomic E-state index is 12.8. The third-order valence-electron chi connectivity index (χ3n) is 5.55. The van der Waals surface area contributed by atoms with Crippen LogP contribution in [0.15, 0.2) is 18.2 Å². The number of carbonyl (C=O) groups excluding carboxylic acids is 1. The second kappa shape index (κ2) is 7.09. The molecule has 26 heavy (non-hydrogen) atoms. The molecule has 0 unspecified atom stereocenters. The molecule has 0 aliphatic carbocycles. The van der Waals surface area contributed by atoms with Gasteiger partial charge in [0.05, 0.1) is 24.2 Å². The lowest BCUT2D eigenvalue weighted by Crippen LogP contribution is -2.44. The highest BCUT2D eigenvalue weighted by molar-refractivity contribution is 5.83. The molecule has 4 rings (SSSR count). The lowest BCUT2D eigenvalue weighted by molar-refractivity contribution is -0.134. The van der Waals surface area contributed by atoms with Gasteiger partial charge in [-0.25, -0.2) is 9.97 Å². The van der Waals surface area contributed by atoms with E-state index in [0.29, 0.717) is 12.5 Å². The highest BCUT2D eigenvalue weighted by Crippen LogP contribution is 2.27. The number of likely N-dealkylation sites (tertiary alicyclic amines) is 1. The molecule has 1 atom stereocenters. The van der Waals surface area contributed by atoms with Crippen molar-refractivity contribution in [1.29, 1.82) is 0 Å². The number of anilines is 1. The van der Waals surface area contributed by atoms with Gasteiger partial charge in [0.25, 0.3) is 0 Å². The zero-order valence-electron chi connectivity index (χ0n) is 15.6. The van der Waals surface area contributed by atoms with Gasteiger partial charge < -0.3 is 14.5 Å². The molecule has 2 fully saturated rings. The highest BCUT2D eigenvalue weighted by Gasteiger charge is 2.31. The molecule has 3 heterocycles. The average Bonchev–Trinajstić information content (AvgIpc) is 3.21. The first-order chi connectivity index (χ1) is 12.7. The van der Waals surface area contributed by atoms with Crippen LogP contribution >= 0.6 is 0 Å². The Morgan fingerprint density at radius 1 is 1.15 bits per heavy atom. The maximum atomic E-state index is 12.8. The van der Waals surface area contributed by atoms with Crippen molar-refractivity contribution in [3.63, 3.8) is 0 Å². The number of fused-ring (bicyclic) bond motifs is 1. The molecule has 1 aromatic heterocycles. The summed E-state index contributed by atoms with van der Waals surface area (Å²) in [7, 11) is 1.66. The van der Waals surface area contributed by atoms with Crippen LogP contribution in [0.5, 0.6) is 5.75 Å². The molecule has 2 aliphatic rings. The minimum Gasteiger partial charge on any atom is -0.497 e. The van der Waals surface area contributed by atoms with Gasteiger partial charge in [-0.05, 0) is 44.7 Å². The van der Waals surface area contributed by atoms with Crippen LogP contribution in [-0.2, 0) is 4.79 Å². The van der Waals surface area contributed by atoms with Gasteiger partial charge in [-0.3, -0.25) is 4.79 Å². The topological polar surface area (TPSA) is 58.6 Å². The average molecular weight is 354 g/mol. The van der Waals surface area contributed by atoms with E-state index in [0.717, 1.165) is 73.6 Å². The lowest BCUT2D eigenvalue weighted by Gasteiger charge is -2.34. The van der Waals surface area contributed by atoms with Gasteiger partial charge >= 0.3 is 0 Å². The van der Waals surface area contributed by atoms with Crippen LogP contribution in [0.1, 0.15) is 31.4 Å². The van der Waals surface area contributed by atoms with Crippen molar-refractivity contribution in [2.24, 2.45) is 5.92 Å². The monoisotopic (exact) mass is 354 g/mol. The Bertz CT molecular complexity index is 817. The van der Waals surface area contributed by atoms with Crippen LogP contribution in [0.25, 0.3) is 10.9 Å². The van der Waals surface area contributed by atoms with Gasteiger partial charge in [0, 0.05) is 37.6 Å². The summed E-state index contributed by atoms with van der Waals surface area (Å²) in [5, 5.41) is 1.04. The number of aromatic nitrogens is 2. The van der Waals surface area contributed by atoms with E-state index >= 15 is 0 Å². The summed E-state index contributed by atoms with van der Waals surface area (Å²) in [6, 6.07) is 5.89. The quantitative estimate of drug-likeness (QED) is 0.848. The first kappa shape index (κ1) is 17.1. The van der Waals surface area contributed by atoms with E-state index in [4.69, 9.17) is 14.7 Å². The molecule has 0 N–H and O–H groups in total. The first-order valence-corrected chi connectivity index (χ1v) is 9.52. The molecule has 0 spiro atoms. The van der Waals surface area contributed by atoms with Crippen LogP contribution in [0, 0.1) is 12.8 Å². The number of aryl methyl sites for hydroxylation is 1. The lowest BCUT2D eigenvalue weighted by atomic mass is 9.97. The molecule has 1 aromatic carbocycles. The largest absolute Gasteiger partial charge is 0.497 e. The van der Waals surface area contributed by atoms with Crippen molar-refractivity contribution in [1.82, 2.24) is 14.9 Å². The fourth-order valence-electron chi connectivity index (χ4n) is 4.08. The number of amides is 1. The number of piperidine rings is 1. The van der Waals surface area contributed by atoms with Crippen molar-refractivity contribution in [2.75, 3.05) is 38.2 Å². The van der Waals surface area contributed by atoms with E-state index < -0.39 is 0 Å². The molecular formula is C20H26N4O2. The predicted molar refractivity (Wildman–Crippen MR) is 102 cm³/mol. The molecule has 138 valence electrons. The maximum Gasteiger partial charge on any atom is 0.227 e. The Hall–Kier alpha value is -2.37. The Morgan fingerprint density at radius 3 is 2.73 bits per heavy atom. The summed E-state index contributed by atoms with van der Waals surface area (Å²) in [6.07, 6.45) is 4.24. The van der Waals surface area contributed by atoms with E-state index in [1.54, 1.807) is 7.11 Å². The number of hydrogen-bond donors (Lipinski definition) is 0. The van der Waals surface area contributed by atoms with Crippen LogP contribution in [0.4, 0.5) is 5.95 Å². The summed E-state index contributed by atoms with van der Waals surface area (Å²) in [5.41, 5.74) is 1.85. The zero-order chi connectivity index (χ0) is 18.1. The summed E-state index contributed by atoms with van der Waals surface area (Å²) in [6.45, 7) is 5.46. The Morgan fingerprint density at radius 2 is 1.96 bits per heavy atom. The van der Waals surface area contributed by atoms with Gasteiger partial charge in [0.1, 0.15) is 5.75 Å². The number of hydrogen-bond acceptors (Lipinski definition) is 5. The SMILES string of the molecule is COc1ccc2c(C)nc(N3CCC[C@H](C(=O)N4CCCC4)C3)nc2c1. The minimum atomic E-state index is 0.0618. The van der Waals surface area contributed by atoms with Crippen molar-refractivity contribution in [2.45, 2.75) is 32.6 Å². The van der Waals surface area contributed by atoms with Gasteiger partial charge in [-0.15, -0.1) is 0 Å². The number of carbonyl (C=O) groups is 1. The molecule has 6 heteroatoms. The summed E-state index contributed by atoms with van der Waals surface area (Å²) in [4.78, 5) is 26.5. The number of ether oxygens (including phenoxy) is 1. The fraction of sp³-hybridized carbons (Fsp3) is 0.550. The fourth-order valence-corrected chi connectivity index (χ4v) is 4.08. The number of benzene rings is 1. The van der Waals surface area contributed by atoms with Gasteiger partial charge in [-0.2, -0.15) is 0 Å². The van der Waals surface area contributed by atoms with E-state index in [-0.39, 0.29) is 5.92 Å². The van der Waals surface area contributed by atoms with Crippen molar-refractivity contribution in [3.05, 3.63) is 23.9 Å². The molecule has 1 amide bonds. The van der Waals surface area contributed by atoms with E-state index in [1.165, 1.54) is 0 Å². The van der Waals surface area contributed by atoms with Crippen LogP contribution in [0.2, 0.25) is 0 Å². The second-order valence-electron chi connectivity index (χ2n) is 7.31. The number of rotatable bonds is 3. The Kier molecular flexibility index (Phi) is 4.66. The molecule has 6 nitrogen and oxygen atoms in total. The standard InChI is InChI=1S/C20H26N4O2/c1-14-17-8-7-16(26-2)12-18(17)22-20(21-14)24-11-5-6-15(13-24)19(25)23-9-3-4-10-23/h7-8,12,15H,3-6,9-11,13H2,1-2H3/t15-/m0/s1. The Balaban J connectivity index is 1.58. The smallest absolute Gasteiger partial charge is 0.227 e. The van der Waals surface area contributed by atoms with Crippen LogP contribution in [-0.4, -0.2) is 54.1 Å². The highest BCUT2D eigenvalue weighted by atomic mass is 16.5. The first-order valence-electron chi connectivity index (χ1n) is 9.52. The third-order valence-corrected chi connectivity index (χ3v) is 5.55. The van der Waals surface area contributed by atoms with Crippen molar-refractivity contribution < 1.29 is 9.53 Å². The van der Waals surface area contributed by atoms with Crippen molar-refractivity contribution in [3.8, 4) is 5.75 Å². The predicted octanol–water partition coefficient (Wildman–Crippen LogP) is 2.79. The van der Waals surface area contributed by atoms with Crippen LogP contribution < -0.4 is 9.64 Å². The van der Waals surface area contributed by atoms with E-state index in [1.807, 2.05) is 30.0 Å². The molecule has 2 aromatic rings. The zero-order valence-corrected chi connectivity index (χ0v) is 15.6. The molecule has 2 aliphatic heterocycles. The molecule has 0 bridgehead atoms. The third kappa shape index (κ3) is 3.20. The molecule has 0 radical (unpaired) electrons.